The van der Waals surface area contributed by atoms with Crippen LogP contribution in [-0.2, 0) is 4.57 Å². The van der Waals surface area contributed by atoms with Crippen LogP contribution in [0.2, 0.25) is 0 Å². The zero-order chi connectivity index (χ0) is 9.73. The molecule has 1 aromatic carbocycles. The highest BCUT2D eigenvalue weighted by Crippen LogP contribution is 2.42. The molecule has 1 unspecified atom stereocenters. The largest absolute Gasteiger partial charge is 0.424 e. The minimum absolute atomic E-state index is 0.0259. The Bertz CT molecular complexity index is 297. The summed E-state index contributed by atoms with van der Waals surface area (Å²) < 4.78 is 16.1. The molecular weight excluding hydrogens is 187 g/mol. The number of hydrogen-bond donors (Lipinski definition) is 1. The van der Waals surface area contributed by atoms with Crippen LogP contribution < -0.4 is 4.52 Å². The van der Waals surface area contributed by atoms with Crippen LogP contribution >= 0.6 is 7.60 Å². The second-order valence-corrected chi connectivity index (χ2v) is 4.46. The highest BCUT2D eigenvalue weighted by atomic mass is 31.2. The second kappa shape index (κ2) is 4.45. The average Bonchev–Trinajstić information content (AvgIpc) is 2.04. The van der Waals surface area contributed by atoms with E-state index in [2.05, 4.69) is 0 Å². The van der Waals surface area contributed by atoms with Crippen molar-refractivity contribution < 1.29 is 14.0 Å². The molecule has 1 rings (SSSR count). The lowest BCUT2D eigenvalue weighted by Gasteiger charge is -2.11. The molecule has 0 bridgehead atoms. The van der Waals surface area contributed by atoms with Gasteiger partial charge >= 0.3 is 7.60 Å². The Morgan fingerprint density at radius 3 is 2.54 bits per heavy atom. The Labute approximate surface area is 77.9 Å². The fraction of sp³-hybridized carbons (Fsp3) is 0.222. The molecule has 1 N–H and O–H groups in total. The van der Waals surface area contributed by atoms with Crippen LogP contribution in [-0.4, -0.2) is 11.1 Å². The summed E-state index contributed by atoms with van der Waals surface area (Å²) in [7, 11) is -3.54. The van der Waals surface area contributed by atoms with Crippen LogP contribution in [0.25, 0.3) is 0 Å². The van der Waals surface area contributed by atoms with Crippen LogP contribution in [0.1, 0.15) is 6.42 Å². The number of para-hydroxylation sites is 1. The molecule has 0 aliphatic heterocycles. The van der Waals surface area contributed by atoms with Gasteiger partial charge in [0.05, 0.1) is 6.16 Å². The second-order valence-electron chi connectivity index (χ2n) is 2.55. The van der Waals surface area contributed by atoms with Gasteiger partial charge in [-0.1, -0.05) is 18.2 Å². The standard InChI is InChI=1S/C9H11O3P/c1-2-8-13(10,11)12-9-6-4-3-5-7-9/h1,3-7H,2,8H2,(H,10,11). The Morgan fingerprint density at radius 1 is 1.38 bits per heavy atom. The first-order valence-electron chi connectivity index (χ1n) is 3.90. The molecule has 1 aromatic rings. The van der Waals surface area contributed by atoms with Crippen molar-refractivity contribution >= 4 is 7.60 Å². The maximum Gasteiger partial charge on any atom is 0.376 e. The monoisotopic (exact) mass is 198 g/mol. The van der Waals surface area contributed by atoms with Gasteiger partial charge in [-0.2, -0.15) is 0 Å². The predicted molar refractivity (Wildman–Crippen MR) is 50.7 cm³/mol. The Kier molecular flexibility index (Phi) is 3.52. The third kappa shape index (κ3) is 3.62. The molecule has 3 nitrogen and oxygen atoms in total. The minimum Gasteiger partial charge on any atom is -0.424 e. The van der Waals surface area contributed by atoms with E-state index in [4.69, 9.17) is 11.4 Å². The van der Waals surface area contributed by atoms with Crippen molar-refractivity contribution in [3.8, 4) is 5.75 Å². The van der Waals surface area contributed by atoms with Gasteiger partial charge in [-0.05, 0) is 25.5 Å². The molecule has 2 radical (unpaired) electrons. The first kappa shape index (κ1) is 10.3. The smallest absolute Gasteiger partial charge is 0.376 e. The van der Waals surface area contributed by atoms with Gasteiger partial charge in [0.15, 0.2) is 0 Å². The van der Waals surface area contributed by atoms with Gasteiger partial charge in [0, 0.05) is 0 Å². The van der Waals surface area contributed by atoms with Crippen molar-refractivity contribution in [3.05, 3.63) is 37.3 Å². The van der Waals surface area contributed by atoms with Crippen LogP contribution in [0.3, 0.4) is 0 Å². The molecule has 0 heterocycles. The lowest BCUT2D eigenvalue weighted by atomic mass is 10.3. The summed E-state index contributed by atoms with van der Waals surface area (Å²) in [6.45, 7) is 5.16. The van der Waals surface area contributed by atoms with Gasteiger partial charge in [-0.15, -0.1) is 0 Å². The SMILES string of the molecule is [CH]CCP(=O)(O)Oc1ccccc1. The average molecular weight is 198 g/mol. The fourth-order valence-electron chi connectivity index (χ4n) is 0.855. The summed E-state index contributed by atoms with van der Waals surface area (Å²) in [4.78, 5) is 9.22. The van der Waals surface area contributed by atoms with E-state index in [1.807, 2.05) is 0 Å². The van der Waals surface area contributed by atoms with E-state index >= 15 is 0 Å². The third-order valence-corrected chi connectivity index (χ3v) is 2.72. The van der Waals surface area contributed by atoms with Crippen molar-refractivity contribution in [3.63, 3.8) is 0 Å². The quantitative estimate of drug-likeness (QED) is 0.755. The highest BCUT2D eigenvalue weighted by Gasteiger charge is 2.18. The summed E-state index contributed by atoms with van der Waals surface area (Å²) in [5.41, 5.74) is 0. The van der Waals surface area contributed by atoms with E-state index in [9.17, 15) is 9.46 Å². The molecule has 0 saturated carbocycles. The summed E-state index contributed by atoms with van der Waals surface area (Å²) in [5, 5.41) is 0. The molecule has 0 spiro atoms. The van der Waals surface area contributed by atoms with Gasteiger partial charge in [0.1, 0.15) is 5.75 Å². The molecule has 0 aromatic heterocycles. The Balaban J connectivity index is 2.64. The fourth-order valence-corrected chi connectivity index (χ4v) is 1.72. The van der Waals surface area contributed by atoms with Gasteiger partial charge < -0.3 is 9.42 Å². The molecule has 70 valence electrons. The summed E-state index contributed by atoms with van der Waals surface area (Å²) >= 11 is 0. The van der Waals surface area contributed by atoms with Crippen LogP contribution in [0.15, 0.2) is 30.3 Å². The molecular formula is C9H11O3P. The van der Waals surface area contributed by atoms with Crippen molar-refractivity contribution in [2.75, 3.05) is 6.16 Å². The topological polar surface area (TPSA) is 46.5 Å². The van der Waals surface area contributed by atoms with E-state index in [1.165, 1.54) is 0 Å². The summed E-state index contributed by atoms with van der Waals surface area (Å²) in [6, 6.07) is 8.52. The van der Waals surface area contributed by atoms with E-state index < -0.39 is 7.60 Å². The van der Waals surface area contributed by atoms with Crippen LogP contribution in [0.5, 0.6) is 5.75 Å². The van der Waals surface area contributed by atoms with E-state index in [0.29, 0.717) is 5.75 Å². The van der Waals surface area contributed by atoms with Gasteiger partial charge in [-0.3, -0.25) is 0 Å². The molecule has 1 atom stereocenters. The van der Waals surface area contributed by atoms with Gasteiger partial charge in [-0.25, -0.2) is 4.57 Å². The van der Waals surface area contributed by atoms with Crippen molar-refractivity contribution in [1.29, 1.82) is 0 Å². The predicted octanol–water partition coefficient (Wildman–Crippen LogP) is 2.35. The number of rotatable bonds is 4. The molecule has 0 fully saturated rings. The highest BCUT2D eigenvalue weighted by molar-refractivity contribution is 7.53. The molecule has 0 saturated heterocycles. The molecule has 13 heavy (non-hydrogen) atoms. The van der Waals surface area contributed by atoms with E-state index in [1.54, 1.807) is 30.3 Å². The summed E-state index contributed by atoms with van der Waals surface area (Å²) in [5.74, 6) is 0.391. The maximum absolute atomic E-state index is 11.2. The van der Waals surface area contributed by atoms with Crippen LogP contribution in [0.4, 0.5) is 0 Å². The summed E-state index contributed by atoms with van der Waals surface area (Å²) in [6.07, 6.45) is 0.114. The van der Waals surface area contributed by atoms with Gasteiger partial charge in [0.25, 0.3) is 0 Å². The third-order valence-electron chi connectivity index (χ3n) is 1.40. The first-order valence-corrected chi connectivity index (χ1v) is 5.67. The van der Waals surface area contributed by atoms with Gasteiger partial charge in [0.2, 0.25) is 0 Å². The molecule has 0 aliphatic rings. The van der Waals surface area contributed by atoms with Crippen molar-refractivity contribution in [1.82, 2.24) is 0 Å². The van der Waals surface area contributed by atoms with E-state index in [-0.39, 0.29) is 12.6 Å². The normalized spacial score (nSPS) is 14.9. The zero-order valence-electron chi connectivity index (χ0n) is 7.09. The molecule has 4 heteroatoms. The Hall–Kier alpha value is -0.790. The lowest BCUT2D eigenvalue weighted by Crippen LogP contribution is -1.95. The lowest BCUT2D eigenvalue weighted by molar-refractivity contribution is 0.380. The molecule has 0 aliphatic carbocycles. The molecule has 0 amide bonds. The first-order chi connectivity index (χ1) is 6.14. The van der Waals surface area contributed by atoms with E-state index in [0.717, 1.165) is 0 Å². The van der Waals surface area contributed by atoms with Crippen molar-refractivity contribution in [2.24, 2.45) is 0 Å². The number of benzene rings is 1. The number of hydrogen-bond acceptors (Lipinski definition) is 2. The minimum atomic E-state index is -3.54. The van der Waals surface area contributed by atoms with Crippen LogP contribution in [0, 0.1) is 6.92 Å². The Morgan fingerprint density at radius 2 is 2.00 bits per heavy atom. The zero-order valence-corrected chi connectivity index (χ0v) is 7.98. The maximum atomic E-state index is 11.2. The van der Waals surface area contributed by atoms with Crippen molar-refractivity contribution in [2.45, 2.75) is 6.42 Å².